The number of Topliss-reactive ketones (excluding diaryl/α,β-unsaturated/α-hetero) is 1. The second kappa shape index (κ2) is 25.8. The number of aromatic nitrogens is 2. The second-order valence-corrected chi connectivity index (χ2v) is 18.0. The molecule has 2 fully saturated rings. The SMILES string of the molecule is CCC[C@H](NC(=O)[C@@H]1CN(C(=O)Nc2ccccc2)C[C@@H]1NC(=O)[C@@H](NC(=O)[C@@H](NC(=O)c1cnccn1)C1CCCCC1)C(C)C)C(=O)C(=O)NCC(=O)N[C@H](C(=O)N(C)C)c1ccc(OC)cc1. The zero-order valence-electron chi connectivity index (χ0n) is 40.5. The molecule has 70 heavy (non-hydrogen) atoms. The van der Waals surface area contributed by atoms with Crippen molar-refractivity contribution in [3.8, 4) is 5.75 Å². The number of ketones is 1. The first-order chi connectivity index (χ1) is 33.5. The summed E-state index contributed by atoms with van der Waals surface area (Å²) in [4.78, 5) is 133. The lowest BCUT2D eigenvalue weighted by Crippen LogP contribution is -2.59. The molecular formula is C49H65N11O10. The number of para-hydroxylation sites is 1. The van der Waals surface area contributed by atoms with Crippen LogP contribution in [0.5, 0.6) is 5.75 Å². The number of nitrogens with zero attached hydrogens (tertiary/aromatic N) is 4. The summed E-state index contributed by atoms with van der Waals surface area (Å²) in [5.41, 5.74) is 0.962. The van der Waals surface area contributed by atoms with Gasteiger partial charge in [0, 0.05) is 45.3 Å². The van der Waals surface area contributed by atoms with Gasteiger partial charge in [-0.25, -0.2) is 9.78 Å². The van der Waals surface area contributed by atoms with Crippen molar-refractivity contribution >= 4 is 58.9 Å². The molecule has 376 valence electrons. The number of amides is 9. The lowest BCUT2D eigenvalue weighted by molar-refractivity contribution is -0.141. The average Bonchev–Trinajstić information content (AvgIpc) is 3.79. The Bertz CT molecular complexity index is 2310. The van der Waals surface area contributed by atoms with Gasteiger partial charge >= 0.3 is 6.03 Å². The fourth-order valence-electron chi connectivity index (χ4n) is 8.45. The number of hydrogen-bond donors (Lipinski definition) is 7. The zero-order valence-corrected chi connectivity index (χ0v) is 40.5. The van der Waals surface area contributed by atoms with Crippen LogP contribution in [0.4, 0.5) is 10.5 Å². The van der Waals surface area contributed by atoms with Gasteiger partial charge in [0.05, 0.1) is 37.9 Å². The Hall–Kier alpha value is -7.45. The Labute approximate surface area is 407 Å². The molecule has 5 rings (SSSR count). The topological polar surface area (TPSA) is 279 Å². The van der Waals surface area contributed by atoms with Crippen molar-refractivity contribution in [2.45, 2.75) is 95.9 Å². The predicted octanol–water partition coefficient (Wildman–Crippen LogP) is 1.87. The average molecular weight is 968 g/mol. The smallest absolute Gasteiger partial charge is 0.321 e. The van der Waals surface area contributed by atoms with Crippen molar-refractivity contribution in [3.63, 3.8) is 0 Å². The van der Waals surface area contributed by atoms with E-state index in [0.29, 0.717) is 36.3 Å². The third kappa shape index (κ3) is 14.8. The fraction of sp³-hybridized carbons (Fsp3) is 0.490. The summed E-state index contributed by atoms with van der Waals surface area (Å²) in [6.45, 7) is 4.19. The van der Waals surface area contributed by atoms with Crippen LogP contribution in [-0.4, -0.2) is 138 Å². The molecular weight excluding hydrogens is 903 g/mol. The van der Waals surface area contributed by atoms with Crippen LogP contribution < -0.4 is 42.0 Å². The van der Waals surface area contributed by atoms with Gasteiger partial charge in [-0.1, -0.05) is 76.8 Å². The van der Waals surface area contributed by atoms with E-state index < -0.39 is 102 Å². The van der Waals surface area contributed by atoms with Crippen LogP contribution in [0, 0.1) is 17.8 Å². The lowest BCUT2D eigenvalue weighted by Gasteiger charge is -2.32. The largest absolute Gasteiger partial charge is 0.497 e. The Morgan fingerprint density at radius 2 is 1.53 bits per heavy atom. The summed E-state index contributed by atoms with van der Waals surface area (Å²) in [5, 5.41) is 18.9. The number of ether oxygens (including phenoxy) is 1. The Kier molecular flexibility index (Phi) is 19.7. The molecule has 21 nitrogen and oxygen atoms in total. The maximum atomic E-state index is 14.3. The van der Waals surface area contributed by atoms with Gasteiger partial charge in [-0.15, -0.1) is 0 Å². The summed E-state index contributed by atoms with van der Waals surface area (Å²) in [5.74, 6) is -7.26. The number of urea groups is 1. The number of rotatable bonds is 21. The van der Waals surface area contributed by atoms with Gasteiger partial charge in [0.25, 0.3) is 11.8 Å². The van der Waals surface area contributed by atoms with Gasteiger partial charge in [0.15, 0.2) is 0 Å². The summed E-state index contributed by atoms with van der Waals surface area (Å²) in [6.07, 6.45) is 8.55. The van der Waals surface area contributed by atoms with Gasteiger partial charge in [-0.05, 0) is 60.9 Å². The molecule has 1 saturated carbocycles. The molecule has 0 radical (unpaired) electrons. The summed E-state index contributed by atoms with van der Waals surface area (Å²) < 4.78 is 5.19. The van der Waals surface area contributed by atoms with Crippen LogP contribution in [-0.2, 0) is 33.6 Å². The molecule has 0 unspecified atom stereocenters. The van der Waals surface area contributed by atoms with E-state index in [9.17, 15) is 43.2 Å². The first kappa shape index (κ1) is 53.5. The molecule has 3 aromatic rings. The van der Waals surface area contributed by atoms with Crippen LogP contribution in [0.2, 0.25) is 0 Å². The maximum Gasteiger partial charge on any atom is 0.321 e. The molecule has 2 aromatic carbocycles. The quantitative estimate of drug-likeness (QED) is 0.0754. The van der Waals surface area contributed by atoms with Gasteiger partial charge in [0.1, 0.15) is 29.6 Å². The minimum absolute atomic E-state index is 0.0278. The molecule has 1 aliphatic heterocycles. The van der Waals surface area contributed by atoms with E-state index in [0.717, 1.165) is 19.3 Å². The molecule has 2 aliphatic rings. The van der Waals surface area contributed by atoms with Crippen LogP contribution in [0.3, 0.4) is 0 Å². The van der Waals surface area contributed by atoms with Crippen molar-refractivity contribution in [3.05, 3.63) is 84.4 Å². The number of methoxy groups -OCH3 is 1. The number of hydrogen-bond acceptors (Lipinski definition) is 12. The summed E-state index contributed by atoms with van der Waals surface area (Å²) in [6, 6.07) is 8.88. The number of carbonyl (C=O) groups excluding carboxylic acids is 9. The first-order valence-corrected chi connectivity index (χ1v) is 23.6. The minimum Gasteiger partial charge on any atom is -0.497 e. The predicted molar refractivity (Wildman–Crippen MR) is 257 cm³/mol. The molecule has 1 aromatic heterocycles. The van der Waals surface area contributed by atoms with E-state index >= 15 is 0 Å². The van der Waals surface area contributed by atoms with Crippen LogP contribution in [0.15, 0.2) is 73.2 Å². The number of likely N-dealkylation sites (N-methyl/N-ethyl adjacent to an activating group) is 1. The molecule has 21 heteroatoms. The van der Waals surface area contributed by atoms with Gasteiger partial charge < -0.3 is 51.8 Å². The van der Waals surface area contributed by atoms with E-state index in [2.05, 4.69) is 47.2 Å². The highest BCUT2D eigenvalue weighted by atomic mass is 16.5. The minimum atomic E-state index is -1.36. The monoisotopic (exact) mass is 967 g/mol. The number of benzene rings is 2. The van der Waals surface area contributed by atoms with Crippen molar-refractivity contribution in [1.29, 1.82) is 0 Å². The number of likely N-dealkylation sites (tertiary alicyclic amines) is 1. The van der Waals surface area contributed by atoms with Crippen LogP contribution in [0.25, 0.3) is 0 Å². The van der Waals surface area contributed by atoms with Crippen LogP contribution in [0.1, 0.15) is 87.8 Å². The van der Waals surface area contributed by atoms with Crippen LogP contribution >= 0.6 is 0 Å². The Morgan fingerprint density at radius 3 is 2.14 bits per heavy atom. The van der Waals surface area contributed by atoms with Crippen molar-refractivity contribution in [2.24, 2.45) is 17.8 Å². The molecule has 2 heterocycles. The van der Waals surface area contributed by atoms with Crippen molar-refractivity contribution < 1.29 is 47.9 Å². The number of carbonyl (C=O) groups is 9. The molecule has 9 amide bonds. The van der Waals surface area contributed by atoms with Gasteiger partial charge in [0.2, 0.25) is 35.3 Å². The lowest BCUT2D eigenvalue weighted by atomic mass is 9.83. The van der Waals surface area contributed by atoms with E-state index in [1.165, 1.54) is 49.6 Å². The molecule has 0 spiro atoms. The highest BCUT2D eigenvalue weighted by molar-refractivity contribution is 6.38. The Morgan fingerprint density at radius 1 is 0.829 bits per heavy atom. The summed E-state index contributed by atoms with van der Waals surface area (Å²) in [7, 11) is 4.54. The molecule has 1 saturated heterocycles. The Balaban J connectivity index is 1.30. The van der Waals surface area contributed by atoms with Crippen molar-refractivity contribution in [2.75, 3.05) is 46.2 Å². The zero-order chi connectivity index (χ0) is 50.9. The normalized spacial score (nSPS) is 17.4. The van der Waals surface area contributed by atoms with E-state index in [-0.39, 0.29) is 31.1 Å². The highest BCUT2D eigenvalue weighted by Crippen LogP contribution is 2.28. The maximum absolute atomic E-state index is 14.3. The van der Waals surface area contributed by atoms with Gasteiger partial charge in [-0.3, -0.25) is 43.3 Å². The van der Waals surface area contributed by atoms with Crippen molar-refractivity contribution in [1.82, 2.24) is 51.7 Å². The first-order valence-electron chi connectivity index (χ1n) is 23.6. The number of anilines is 1. The van der Waals surface area contributed by atoms with Gasteiger partial charge in [-0.2, -0.15) is 0 Å². The molecule has 1 aliphatic carbocycles. The number of nitrogens with one attached hydrogen (secondary N) is 7. The fourth-order valence-corrected chi connectivity index (χ4v) is 8.45. The highest BCUT2D eigenvalue weighted by Gasteiger charge is 2.44. The van der Waals surface area contributed by atoms with E-state index in [1.807, 2.05) is 0 Å². The van der Waals surface area contributed by atoms with E-state index in [1.54, 1.807) is 75.4 Å². The third-order valence-electron chi connectivity index (χ3n) is 12.3. The second-order valence-electron chi connectivity index (χ2n) is 18.0. The third-order valence-corrected chi connectivity index (χ3v) is 12.3. The molecule has 7 N–H and O–H groups in total. The summed E-state index contributed by atoms with van der Waals surface area (Å²) >= 11 is 0. The molecule has 6 atom stereocenters. The van der Waals surface area contributed by atoms with E-state index in [4.69, 9.17) is 4.74 Å². The standard InChI is InChI=1S/C49H65N11O10/c1-7-14-35(42(62)47(67)52-26-38(61)56-41(48(68)59(4)5)31-19-21-33(70-6)22-20-31)54-43(63)34-27-60(49(69)53-32-17-12-9-13-18-32)28-37(34)55-45(65)39(29(2)3)57-46(66)40(30-15-10-8-11-16-30)58-44(64)36-25-50-23-24-51-36/h9,12-13,17-25,29-30,34-35,37,39-41H,7-8,10-11,14-16,26-28H2,1-6H3,(H,52,67)(H,53,69)(H,54,63)(H,55,65)(H,56,61)(H,57,66)(H,58,64)/t34-,35+,37+,39+,40+,41+/m1/s1. The molecule has 0 bridgehead atoms.